The molecule has 0 aliphatic carbocycles. The maximum Gasteiger partial charge on any atom is 0.573 e. The van der Waals surface area contributed by atoms with Crippen LogP contribution in [0, 0.1) is 0 Å². The number of hydrogen-bond acceptors (Lipinski definition) is 2. The molecule has 0 saturated carbocycles. The van der Waals surface area contributed by atoms with Crippen molar-refractivity contribution in [1.29, 1.82) is 0 Å². The fourth-order valence-corrected chi connectivity index (χ4v) is 1.21. The average molecular weight is 256 g/mol. The molecule has 0 aliphatic heterocycles. The van der Waals surface area contributed by atoms with Crippen molar-refractivity contribution in [2.24, 2.45) is 0 Å². The van der Waals surface area contributed by atoms with E-state index in [1.807, 2.05) is 0 Å². The lowest BCUT2D eigenvalue weighted by atomic mass is 10.2. The first-order chi connectivity index (χ1) is 7.85. The first-order valence-electron chi connectivity index (χ1n) is 4.64. The molecule has 0 aliphatic rings. The molecule has 96 valence electrons. The van der Waals surface area contributed by atoms with Gasteiger partial charge >= 0.3 is 6.36 Å². The van der Waals surface area contributed by atoms with Gasteiger partial charge in [-0.1, -0.05) is 6.07 Å². The second-order valence-electron chi connectivity index (χ2n) is 2.96. The fourth-order valence-electron chi connectivity index (χ4n) is 1.21. The average Bonchev–Trinajstić information content (AvgIpc) is 2.18. The summed E-state index contributed by atoms with van der Waals surface area (Å²) in [6.07, 6.45) is -7.89. The number of rotatable bonds is 4. The number of hydrogen-bond donors (Lipinski definition) is 0. The second-order valence-corrected chi connectivity index (χ2v) is 2.96. The van der Waals surface area contributed by atoms with E-state index in [2.05, 4.69) is 4.74 Å². The molecule has 0 aromatic heterocycles. The van der Waals surface area contributed by atoms with Crippen LogP contribution in [0.4, 0.5) is 22.0 Å². The molecule has 0 N–H and O–H groups in total. The van der Waals surface area contributed by atoms with E-state index in [4.69, 9.17) is 4.74 Å². The Balaban J connectivity index is 3.15. The Morgan fingerprint density at radius 2 is 1.88 bits per heavy atom. The van der Waals surface area contributed by atoms with Gasteiger partial charge in [0.2, 0.25) is 0 Å². The van der Waals surface area contributed by atoms with E-state index in [0.29, 0.717) is 0 Å². The summed E-state index contributed by atoms with van der Waals surface area (Å²) in [5, 5.41) is 0. The van der Waals surface area contributed by atoms with Crippen LogP contribution in [-0.2, 0) is 0 Å². The molecule has 0 amide bonds. The standard InChI is InChI=1S/C10H9F5O2/c1-2-16-8-6(9(11)12)4-3-5-7(8)17-10(13,14)15/h3-5,9H,2H2,1H3. The zero-order valence-electron chi connectivity index (χ0n) is 8.72. The van der Waals surface area contributed by atoms with Gasteiger partial charge in [-0.05, 0) is 19.1 Å². The molecule has 0 heterocycles. The third-order valence-electron chi connectivity index (χ3n) is 1.76. The Kier molecular flexibility index (Phi) is 4.14. The topological polar surface area (TPSA) is 18.5 Å². The van der Waals surface area contributed by atoms with E-state index in [-0.39, 0.29) is 6.61 Å². The van der Waals surface area contributed by atoms with Crippen LogP contribution in [0.1, 0.15) is 18.9 Å². The molecule has 0 fully saturated rings. The molecule has 0 spiro atoms. The molecule has 0 atom stereocenters. The summed E-state index contributed by atoms with van der Waals surface area (Å²) in [4.78, 5) is 0. The zero-order chi connectivity index (χ0) is 13.1. The van der Waals surface area contributed by atoms with Gasteiger partial charge in [0.15, 0.2) is 11.5 Å². The van der Waals surface area contributed by atoms with Crippen LogP contribution < -0.4 is 9.47 Å². The normalized spacial score (nSPS) is 11.7. The molecule has 0 radical (unpaired) electrons. The molecule has 1 aromatic carbocycles. The molecule has 2 nitrogen and oxygen atoms in total. The number of halogens is 5. The van der Waals surface area contributed by atoms with Crippen molar-refractivity contribution >= 4 is 0 Å². The van der Waals surface area contributed by atoms with Crippen molar-refractivity contribution in [2.45, 2.75) is 19.7 Å². The Labute approximate surface area is 93.9 Å². The summed E-state index contributed by atoms with van der Waals surface area (Å²) in [7, 11) is 0. The zero-order valence-corrected chi connectivity index (χ0v) is 8.72. The first-order valence-corrected chi connectivity index (χ1v) is 4.64. The summed E-state index contributed by atoms with van der Waals surface area (Å²) >= 11 is 0. The molecule has 1 rings (SSSR count). The van der Waals surface area contributed by atoms with E-state index < -0.39 is 29.9 Å². The van der Waals surface area contributed by atoms with Crippen molar-refractivity contribution < 1.29 is 31.4 Å². The Morgan fingerprint density at radius 3 is 2.35 bits per heavy atom. The fraction of sp³-hybridized carbons (Fsp3) is 0.400. The summed E-state index contributed by atoms with van der Waals surface area (Å²) in [6, 6.07) is 2.95. The van der Waals surface area contributed by atoms with Crippen LogP contribution >= 0.6 is 0 Å². The van der Waals surface area contributed by atoms with Crippen LogP contribution in [0.2, 0.25) is 0 Å². The smallest absolute Gasteiger partial charge is 0.489 e. The third kappa shape index (κ3) is 3.76. The quantitative estimate of drug-likeness (QED) is 0.760. The van der Waals surface area contributed by atoms with Crippen LogP contribution in [-0.4, -0.2) is 13.0 Å². The van der Waals surface area contributed by atoms with Crippen molar-refractivity contribution in [3.63, 3.8) is 0 Å². The molecular weight excluding hydrogens is 247 g/mol. The molecule has 0 bridgehead atoms. The van der Waals surface area contributed by atoms with Crippen molar-refractivity contribution in [2.75, 3.05) is 6.61 Å². The predicted octanol–water partition coefficient (Wildman–Crippen LogP) is 3.92. The predicted molar refractivity (Wildman–Crippen MR) is 49.3 cm³/mol. The van der Waals surface area contributed by atoms with E-state index in [1.54, 1.807) is 0 Å². The molecular formula is C10H9F5O2. The minimum Gasteiger partial charge on any atom is -0.489 e. The van der Waals surface area contributed by atoms with Gasteiger partial charge in [-0.15, -0.1) is 13.2 Å². The highest BCUT2D eigenvalue weighted by atomic mass is 19.4. The molecule has 17 heavy (non-hydrogen) atoms. The van der Waals surface area contributed by atoms with E-state index >= 15 is 0 Å². The molecule has 0 saturated heterocycles. The van der Waals surface area contributed by atoms with E-state index in [9.17, 15) is 22.0 Å². The Morgan fingerprint density at radius 1 is 1.24 bits per heavy atom. The summed E-state index contributed by atoms with van der Waals surface area (Å²) in [6.45, 7) is 1.43. The van der Waals surface area contributed by atoms with Crippen LogP contribution in [0.5, 0.6) is 11.5 Å². The van der Waals surface area contributed by atoms with Crippen LogP contribution in [0.25, 0.3) is 0 Å². The van der Waals surface area contributed by atoms with Crippen LogP contribution in [0.3, 0.4) is 0 Å². The number of alkyl halides is 5. The number of ether oxygens (including phenoxy) is 2. The maximum absolute atomic E-state index is 12.5. The van der Waals surface area contributed by atoms with Gasteiger partial charge in [-0.25, -0.2) is 8.78 Å². The highest BCUT2D eigenvalue weighted by molar-refractivity contribution is 5.47. The van der Waals surface area contributed by atoms with Crippen molar-refractivity contribution in [1.82, 2.24) is 0 Å². The van der Waals surface area contributed by atoms with Crippen molar-refractivity contribution in [3.05, 3.63) is 23.8 Å². The van der Waals surface area contributed by atoms with Crippen molar-refractivity contribution in [3.8, 4) is 11.5 Å². The molecule has 1 aromatic rings. The van der Waals surface area contributed by atoms with Gasteiger partial charge in [0.05, 0.1) is 12.2 Å². The summed E-state index contributed by atoms with van der Waals surface area (Å²) < 4.78 is 69.6. The minimum atomic E-state index is -4.95. The van der Waals surface area contributed by atoms with Gasteiger partial charge in [-0.3, -0.25) is 0 Å². The Bertz CT molecular complexity index is 375. The lowest BCUT2D eigenvalue weighted by Gasteiger charge is -2.16. The maximum atomic E-state index is 12.5. The molecule has 0 unspecified atom stereocenters. The SMILES string of the molecule is CCOc1c(OC(F)(F)F)cccc1C(F)F. The van der Waals surface area contributed by atoms with Crippen LogP contribution in [0.15, 0.2) is 18.2 Å². The van der Waals surface area contributed by atoms with Gasteiger partial charge in [0, 0.05) is 0 Å². The number of benzene rings is 1. The highest BCUT2D eigenvalue weighted by Crippen LogP contribution is 2.39. The largest absolute Gasteiger partial charge is 0.573 e. The molecule has 7 heteroatoms. The summed E-state index contributed by atoms with van der Waals surface area (Å²) in [5.74, 6) is -1.35. The monoisotopic (exact) mass is 256 g/mol. The summed E-state index contributed by atoms with van der Waals surface area (Å²) in [5.41, 5.74) is -0.631. The van der Waals surface area contributed by atoms with E-state index in [0.717, 1.165) is 18.2 Å². The lowest BCUT2D eigenvalue weighted by molar-refractivity contribution is -0.275. The Hall–Kier alpha value is -1.53. The van der Waals surface area contributed by atoms with Gasteiger partial charge < -0.3 is 9.47 Å². The van der Waals surface area contributed by atoms with Gasteiger partial charge in [0.25, 0.3) is 6.43 Å². The highest BCUT2D eigenvalue weighted by Gasteiger charge is 2.33. The van der Waals surface area contributed by atoms with Gasteiger partial charge in [-0.2, -0.15) is 0 Å². The van der Waals surface area contributed by atoms with Gasteiger partial charge in [0.1, 0.15) is 0 Å². The first kappa shape index (κ1) is 13.5. The van der Waals surface area contributed by atoms with E-state index in [1.165, 1.54) is 6.92 Å². The number of para-hydroxylation sites is 1. The lowest BCUT2D eigenvalue weighted by Crippen LogP contribution is -2.18. The minimum absolute atomic E-state index is 0.0437. The second kappa shape index (κ2) is 5.20. The third-order valence-corrected chi connectivity index (χ3v) is 1.76.